The lowest BCUT2D eigenvalue weighted by Crippen LogP contribution is -2.44. The van der Waals surface area contributed by atoms with Gasteiger partial charge < -0.3 is 10.1 Å². The topological polar surface area (TPSA) is 27.7 Å². The summed E-state index contributed by atoms with van der Waals surface area (Å²) in [7, 11) is 0. The maximum Gasteiger partial charge on any atom is 0.136 e. The van der Waals surface area contributed by atoms with Crippen LogP contribution in [0.15, 0.2) is 60.7 Å². The minimum Gasteiger partial charge on any atom is -0.377 e. The first-order chi connectivity index (χ1) is 13.8. The van der Waals surface area contributed by atoms with Crippen molar-refractivity contribution in [3.05, 3.63) is 71.8 Å². The highest BCUT2D eigenvalue weighted by Crippen LogP contribution is 2.12. The lowest BCUT2D eigenvalue weighted by atomic mass is 10.1. The van der Waals surface area contributed by atoms with E-state index < -0.39 is 6.17 Å². The van der Waals surface area contributed by atoms with Gasteiger partial charge in [-0.2, -0.15) is 0 Å². The first-order valence-corrected chi connectivity index (χ1v) is 10.2. The van der Waals surface area contributed by atoms with E-state index in [1.807, 2.05) is 36.4 Å². The smallest absolute Gasteiger partial charge is 0.136 e. The zero-order valence-electron chi connectivity index (χ0n) is 16.6. The molecule has 0 aromatic heterocycles. The molecule has 1 unspecified atom stereocenters. The second kappa shape index (κ2) is 11.9. The van der Waals surface area contributed by atoms with E-state index in [1.54, 1.807) is 0 Å². The van der Waals surface area contributed by atoms with Gasteiger partial charge in [0.05, 0.1) is 13.2 Å². The van der Waals surface area contributed by atoms with Gasteiger partial charge in [-0.3, -0.25) is 9.80 Å². The number of nitrogens with one attached hydrogen (secondary N) is 1. The van der Waals surface area contributed by atoms with E-state index in [9.17, 15) is 4.39 Å². The van der Waals surface area contributed by atoms with E-state index in [0.29, 0.717) is 13.2 Å². The Hall–Kier alpha value is -1.79. The van der Waals surface area contributed by atoms with E-state index in [4.69, 9.17) is 4.74 Å². The van der Waals surface area contributed by atoms with Gasteiger partial charge in [-0.25, -0.2) is 4.39 Å². The number of rotatable bonds is 11. The van der Waals surface area contributed by atoms with Crippen molar-refractivity contribution in [2.24, 2.45) is 0 Å². The summed E-state index contributed by atoms with van der Waals surface area (Å²) < 4.78 is 20.3. The molecule has 1 saturated heterocycles. The number of piperazine rings is 1. The van der Waals surface area contributed by atoms with Crippen LogP contribution in [0.2, 0.25) is 0 Å². The largest absolute Gasteiger partial charge is 0.377 e. The maximum atomic E-state index is 14.6. The van der Waals surface area contributed by atoms with Crippen LogP contribution in [-0.2, 0) is 17.8 Å². The molecule has 1 atom stereocenters. The Morgan fingerprint density at radius 2 is 1.50 bits per heavy atom. The Labute approximate surface area is 168 Å². The van der Waals surface area contributed by atoms with Crippen LogP contribution in [0.1, 0.15) is 11.1 Å². The van der Waals surface area contributed by atoms with Crippen LogP contribution in [0.3, 0.4) is 0 Å². The summed E-state index contributed by atoms with van der Waals surface area (Å²) in [4.78, 5) is 4.52. The third-order valence-electron chi connectivity index (χ3n) is 5.01. The molecule has 1 heterocycles. The monoisotopic (exact) mass is 385 g/mol. The predicted molar refractivity (Wildman–Crippen MR) is 112 cm³/mol. The van der Waals surface area contributed by atoms with Crippen molar-refractivity contribution in [3.63, 3.8) is 0 Å². The van der Waals surface area contributed by atoms with Gasteiger partial charge in [0.25, 0.3) is 0 Å². The zero-order valence-corrected chi connectivity index (χ0v) is 16.6. The van der Waals surface area contributed by atoms with Gasteiger partial charge in [0.1, 0.15) is 6.17 Å². The SMILES string of the molecule is FC(COCCN1CCNCC1)CN(Cc1ccccc1)Cc1ccccc1. The summed E-state index contributed by atoms with van der Waals surface area (Å²) in [5.74, 6) is 0. The van der Waals surface area contributed by atoms with Gasteiger partial charge in [0.15, 0.2) is 0 Å². The fourth-order valence-corrected chi connectivity index (χ4v) is 3.54. The van der Waals surface area contributed by atoms with Crippen molar-refractivity contribution >= 4 is 0 Å². The summed E-state index contributed by atoms with van der Waals surface area (Å²) in [5.41, 5.74) is 2.40. The van der Waals surface area contributed by atoms with E-state index in [-0.39, 0.29) is 6.61 Å². The second-order valence-corrected chi connectivity index (χ2v) is 7.40. The molecule has 1 N–H and O–H groups in total. The molecular formula is C23H32FN3O. The number of halogens is 1. The van der Waals surface area contributed by atoms with Gasteiger partial charge in [-0.05, 0) is 11.1 Å². The quantitative estimate of drug-likeness (QED) is 0.602. The van der Waals surface area contributed by atoms with Crippen LogP contribution in [0.4, 0.5) is 4.39 Å². The number of hydrogen-bond donors (Lipinski definition) is 1. The average Bonchev–Trinajstić information content (AvgIpc) is 2.73. The molecule has 28 heavy (non-hydrogen) atoms. The fraction of sp³-hybridized carbons (Fsp3) is 0.478. The Bertz CT molecular complexity index is 608. The Morgan fingerprint density at radius 3 is 2.07 bits per heavy atom. The molecule has 2 aromatic rings. The number of hydrogen-bond acceptors (Lipinski definition) is 4. The maximum absolute atomic E-state index is 14.6. The van der Waals surface area contributed by atoms with Gasteiger partial charge in [0.2, 0.25) is 0 Å². The van der Waals surface area contributed by atoms with Gasteiger partial charge in [-0.15, -0.1) is 0 Å². The Balaban J connectivity index is 1.45. The third-order valence-corrected chi connectivity index (χ3v) is 5.01. The zero-order chi connectivity index (χ0) is 19.4. The van der Waals surface area contributed by atoms with Crippen molar-refractivity contribution in [2.75, 3.05) is 52.5 Å². The highest BCUT2D eigenvalue weighted by atomic mass is 19.1. The van der Waals surface area contributed by atoms with Gasteiger partial charge in [-0.1, -0.05) is 60.7 Å². The van der Waals surface area contributed by atoms with Crippen LogP contribution < -0.4 is 5.32 Å². The van der Waals surface area contributed by atoms with Crippen molar-refractivity contribution in [1.29, 1.82) is 0 Å². The normalized spacial score (nSPS) is 16.4. The summed E-state index contributed by atoms with van der Waals surface area (Å²) in [5, 5.41) is 3.34. The molecule has 1 fully saturated rings. The van der Waals surface area contributed by atoms with Crippen molar-refractivity contribution < 1.29 is 9.13 Å². The molecule has 1 aliphatic rings. The second-order valence-electron chi connectivity index (χ2n) is 7.40. The summed E-state index contributed by atoms with van der Waals surface area (Å²) in [6.07, 6.45) is -0.990. The lowest BCUT2D eigenvalue weighted by molar-refractivity contribution is 0.0446. The van der Waals surface area contributed by atoms with E-state index in [0.717, 1.165) is 45.8 Å². The first kappa shape index (κ1) is 20.9. The number of alkyl halides is 1. The fourth-order valence-electron chi connectivity index (χ4n) is 3.54. The third kappa shape index (κ3) is 7.68. The van der Waals surface area contributed by atoms with Gasteiger partial charge >= 0.3 is 0 Å². The van der Waals surface area contributed by atoms with Crippen molar-refractivity contribution in [2.45, 2.75) is 19.3 Å². The molecular weight excluding hydrogens is 353 g/mol. The highest BCUT2D eigenvalue weighted by molar-refractivity contribution is 5.17. The van der Waals surface area contributed by atoms with Crippen LogP contribution in [0, 0.1) is 0 Å². The molecule has 0 aliphatic carbocycles. The molecule has 1 aliphatic heterocycles. The van der Waals surface area contributed by atoms with Crippen molar-refractivity contribution in [3.8, 4) is 0 Å². The number of benzene rings is 2. The molecule has 0 radical (unpaired) electrons. The van der Waals surface area contributed by atoms with Gasteiger partial charge in [0, 0.05) is 52.4 Å². The number of nitrogens with zero attached hydrogens (tertiary/aromatic N) is 2. The summed E-state index contributed by atoms with van der Waals surface area (Å²) in [6, 6.07) is 20.5. The Morgan fingerprint density at radius 1 is 0.929 bits per heavy atom. The Kier molecular flexibility index (Phi) is 8.91. The minimum atomic E-state index is -0.990. The highest BCUT2D eigenvalue weighted by Gasteiger charge is 2.15. The molecule has 0 saturated carbocycles. The van der Waals surface area contributed by atoms with Crippen LogP contribution in [-0.4, -0.2) is 68.5 Å². The van der Waals surface area contributed by atoms with Crippen molar-refractivity contribution in [1.82, 2.24) is 15.1 Å². The lowest BCUT2D eigenvalue weighted by Gasteiger charge is -2.27. The number of ether oxygens (including phenoxy) is 1. The minimum absolute atomic E-state index is 0.159. The molecule has 3 rings (SSSR count). The van der Waals surface area contributed by atoms with E-state index in [2.05, 4.69) is 39.4 Å². The van der Waals surface area contributed by atoms with Crippen LogP contribution in [0.5, 0.6) is 0 Å². The molecule has 2 aromatic carbocycles. The molecule has 0 bridgehead atoms. The van der Waals surface area contributed by atoms with E-state index >= 15 is 0 Å². The molecule has 0 spiro atoms. The van der Waals surface area contributed by atoms with Crippen LogP contribution in [0.25, 0.3) is 0 Å². The molecule has 0 amide bonds. The van der Waals surface area contributed by atoms with E-state index in [1.165, 1.54) is 11.1 Å². The molecule has 5 heteroatoms. The average molecular weight is 386 g/mol. The summed E-state index contributed by atoms with van der Waals surface area (Å²) in [6.45, 7) is 7.62. The molecule has 4 nitrogen and oxygen atoms in total. The summed E-state index contributed by atoms with van der Waals surface area (Å²) >= 11 is 0. The predicted octanol–water partition coefficient (Wildman–Crippen LogP) is 2.95. The standard InChI is InChI=1S/C23H32FN3O/c24-23(20-28-16-15-26-13-11-25-12-14-26)19-27(17-21-7-3-1-4-8-21)18-22-9-5-2-6-10-22/h1-10,23,25H,11-20H2. The first-order valence-electron chi connectivity index (χ1n) is 10.2. The molecule has 152 valence electrons. The van der Waals surface area contributed by atoms with Crippen LogP contribution >= 0.6 is 0 Å².